The molecule has 1 rings (SSSR count). The Kier molecular flexibility index (Phi) is 5.94. The third-order valence-corrected chi connectivity index (χ3v) is 3.43. The number of allylic oxidation sites excluding steroid dienone is 2. The van der Waals surface area contributed by atoms with Crippen molar-refractivity contribution in [3.63, 3.8) is 0 Å². The van der Waals surface area contributed by atoms with Crippen molar-refractivity contribution in [2.45, 2.75) is 46.5 Å². The van der Waals surface area contributed by atoms with Gasteiger partial charge in [0.05, 0.1) is 14.2 Å². The van der Waals surface area contributed by atoms with Gasteiger partial charge >= 0.3 is 0 Å². The second kappa shape index (κ2) is 7.22. The summed E-state index contributed by atoms with van der Waals surface area (Å²) in [5, 5.41) is 0. The Hall–Kier alpha value is -1.44. The molecule has 0 aliphatic carbocycles. The second-order valence-electron chi connectivity index (χ2n) is 5.30. The van der Waals surface area contributed by atoms with Gasteiger partial charge in [0.15, 0.2) is 11.5 Å². The van der Waals surface area contributed by atoms with Gasteiger partial charge in [-0.1, -0.05) is 30.7 Å². The topological polar surface area (TPSA) is 18.5 Å². The van der Waals surface area contributed by atoms with Crippen LogP contribution in [0.3, 0.4) is 0 Å². The van der Waals surface area contributed by atoms with Gasteiger partial charge in [-0.2, -0.15) is 0 Å². The fourth-order valence-electron chi connectivity index (χ4n) is 2.31. The zero-order valence-corrected chi connectivity index (χ0v) is 13.0. The highest BCUT2D eigenvalue weighted by molar-refractivity contribution is 5.52. The minimum Gasteiger partial charge on any atom is -0.493 e. The zero-order chi connectivity index (χ0) is 14.4. The fraction of sp³-hybridized carbons (Fsp3) is 0.529. The zero-order valence-electron chi connectivity index (χ0n) is 13.0. The van der Waals surface area contributed by atoms with Gasteiger partial charge in [0.2, 0.25) is 0 Å². The molecule has 1 aromatic carbocycles. The van der Waals surface area contributed by atoms with Gasteiger partial charge in [0.25, 0.3) is 0 Å². The molecule has 19 heavy (non-hydrogen) atoms. The average molecular weight is 262 g/mol. The fourth-order valence-corrected chi connectivity index (χ4v) is 2.31. The molecule has 1 unspecified atom stereocenters. The third-order valence-electron chi connectivity index (χ3n) is 3.43. The monoisotopic (exact) mass is 262 g/mol. The molecular formula is C17H26O2. The van der Waals surface area contributed by atoms with Crippen LogP contribution in [0.5, 0.6) is 11.5 Å². The van der Waals surface area contributed by atoms with Crippen molar-refractivity contribution in [2.24, 2.45) is 0 Å². The van der Waals surface area contributed by atoms with Gasteiger partial charge in [-0.15, -0.1) is 0 Å². The van der Waals surface area contributed by atoms with E-state index in [0.717, 1.165) is 29.9 Å². The second-order valence-corrected chi connectivity index (χ2v) is 5.30. The van der Waals surface area contributed by atoms with Crippen molar-refractivity contribution in [1.29, 1.82) is 0 Å². The molecule has 0 saturated heterocycles. The maximum Gasteiger partial charge on any atom is 0.164 e. The lowest BCUT2D eigenvalue weighted by atomic mass is 9.93. The maximum atomic E-state index is 5.56. The van der Waals surface area contributed by atoms with E-state index in [9.17, 15) is 0 Å². The van der Waals surface area contributed by atoms with Crippen molar-refractivity contribution in [1.82, 2.24) is 0 Å². The van der Waals surface area contributed by atoms with Crippen LogP contribution in [0, 0.1) is 6.92 Å². The quantitative estimate of drug-likeness (QED) is 0.681. The molecule has 2 heteroatoms. The molecule has 0 spiro atoms. The standard InChI is InChI=1S/C17H26O2/c1-12(2)8-7-9-13(3)15-11-10-14(4)16(18-5)17(15)19-6/h8,10-11,13H,7,9H2,1-6H3. The van der Waals surface area contributed by atoms with Crippen molar-refractivity contribution in [3.8, 4) is 11.5 Å². The highest BCUT2D eigenvalue weighted by atomic mass is 16.5. The summed E-state index contributed by atoms with van der Waals surface area (Å²) in [6, 6.07) is 4.26. The molecule has 0 amide bonds. The van der Waals surface area contributed by atoms with Crippen LogP contribution in [0.1, 0.15) is 50.7 Å². The highest BCUT2D eigenvalue weighted by Crippen LogP contribution is 2.39. The van der Waals surface area contributed by atoms with Crippen LogP contribution in [0.25, 0.3) is 0 Å². The number of rotatable bonds is 6. The van der Waals surface area contributed by atoms with Gasteiger partial charge in [0, 0.05) is 5.56 Å². The van der Waals surface area contributed by atoms with Crippen molar-refractivity contribution in [3.05, 3.63) is 34.9 Å². The molecule has 0 aliphatic rings. The van der Waals surface area contributed by atoms with E-state index in [0.29, 0.717) is 5.92 Å². The largest absolute Gasteiger partial charge is 0.493 e. The molecule has 0 bridgehead atoms. The summed E-state index contributed by atoms with van der Waals surface area (Å²) in [5.41, 5.74) is 3.72. The van der Waals surface area contributed by atoms with Gasteiger partial charge in [0.1, 0.15) is 0 Å². The van der Waals surface area contributed by atoms with E-state index in [-0.39, 0.29) is 0 Å². The minimum atomic E-state index is 0.458. The molecule has 0 aromatic heterocycles. The molecule has 0 fully saturated rings. The molecule has 0 heterocycles. The molecule has 0 aliphatic heterocycles. The Bertz CT molecular complexity index is 443. The van der Waals surface area contributed by atoms with E-state index in [4.69, 9.17) is 9.47 Å². The number of ether oxygens (including phenoxy) is 2. The van der Waals surface area contributed by atoms with Crippen molar-refractivity contribution in [2.75, 3.05) is 14.2 Å². The van der Waals surface area contributed by atoms with Gasteiger partial charge in [-0.3, -0.25) is 0 Å². The number of aryl methyl sites for hydroxylation is 1. The SMILES string of the molecule is COc1c(C)ccc(C(C)CCC=C(C)C)c1OC. The first-order valence-corrected chi connectivity index (χ1v) is 6.86. The number of methoxy groups -OCH3 is 2. The summed E-state index contributed by atoms with van der Waals surface area (Å²) in [4.78, 5) is 0. The molecule has 1 atom stereocenters. The van der Waals surface area contributed by atoms with E-state index in [1.165, 1.54) is 11.1 Å². The van der Waals surface area contributed by atoms with E-state index >= 15 is 0 Å². The summed E-state index contributed by atoms with van der Waals surface area (Å²) in [6.07, 6.45) is 4.50. The highest BCUT2D eigenvalue weighted by Gasteiger charge is 2.16. The van der Waals surface area contributed by atoms with E-state index in [1.807, 2.05) is 6.92 Å². The lowest BCUT2D eigenvalue weighted by molar-refractivity contribution is 0.347. The molecule has 0 N–H and O–H groups in total. The summed E-state index contributed by atoms with van der Waals surface area (Å²) in [6.45, 7) is 8.56. The van der Waals surface area contributed by atoms with Gasteiger partial charge < -0.3 is 9.47 Å². The number of hydrogen-bond acceptors (Lipinski definition) is 2. The lowest BCUT2D eigenvalue weighted by Gasteiger charge is -2.19. The number of benzene rings is 1. The maximum absolute atomic E-state index is 5.56. The predicted molar refractivity (Wildman–Crippen MR) is 81.4 cm³/mol. The summed E-state index contributed by atoms with van der Waals surface area (Å²) >= 11 is 0. The lowest BCUT2D eigenvalue weighted by Crippen LogP contribution is -2.01. The summed E-state index contributed by atoms with van der Waals surface area (Å²) in [5.74, 6) is 2.20. The molecule has 106 valence electrons. The van der Waals surface area contributed by atoms with Crippen LogP contribution in [0.2, 0.25) is 0 Å². The molecular weight excluding hydrogens is 236 g/mol. The van der Waals surface area contributed by atoms with Gasteiger partial charge in [-0.25, -0.2) is 0 Å². The minimum absolute atomic E-state index is 0.458. The Labute approximate surface area is 117 Å². The Morgan fingerprint density at radius 1 is 1.16 bits per heavy atom. The first-order valence-electron chi connectivity index (χ1n) is 6.86. The normalized spacial score (nSPS) is 11.9. The smallest absolute Gasteiger partial charge is 0.164 e. The first kappa shape index (κ1) is 15.6. The average Bonchev–Trinajstić information content (AvgIpc) is 2.37. The van der Waals surface area contributed by atoms with Crippen LogP contribution in [-0.4, -0.2) is 14.2 Å². The third kappa shape index (κ3) is 4.02. The van der Waals surface area contributed by atoms with Crippen molar-refractivity contribution < 1.29 is 9.47 Å². The molecule has 2 nitrogen and oxygen atoms in total. The van der Waals surface area contributed by atoms with Crippen LogP contribution >= 0.6 is 0 Å². The van der Waals surface area contributed by atoms with Gasteiger partial charge in [-0.05, 0) is 45.1 Å². The first-order chi connectivity index (χ1) is 9.01. The molecule has 1 aromatic rings. The predicted octanol–water partition coefficient (Wildman–Crippen LogP) is 4.86. The van der Waals surface area contributed by atoms with Crippen LogP contribution in [0.15, 0.2) is 23.8 Å². The van der Waals surface area contributed by atoms with E-state index in [1.54, 1.807) is 14.2 Å². The van der Waals surface area contributed by atoms with E-state index in [2.05, 4.69) is 39.0 Å². The Morgan fingerprint density at radius 2 is 1.79 bits per heavy atom. The van der Waals surface area contributed by atoms with Crippen LogP contribution in [-0.2, 0) is 0 Å². The van der Waals surface area contributed by atoms with E-state index < -0.39 is 0 Å². The Morgan fingerprint density at radius 3 is 2.32 bits per heavy atom. The van der Waals surface area contributed by atoms with Crippen molar-refractivity contribution >= 4 is 0 Å². The number of hydrogen-bond donors (Lipinski definition) is 0. The summed E-state index contributed by atoms with van der Waals surface area (Å²) < 4.78 is 11.0. The summed E-state index contributed by atoms with van der Waals surface area (Å²) in [7, 11) is 3.41. The Balaban J connectivity index is 2.96. The van der Waals surface area contributed by atoms with Crippen LogP contribution < -0.4 is 9.47 Å². The molecule has 0 radical (unpaired) electrons. The van der Waals surface area contributed by atoms with Crippen LogP contribution in [0.4, 0.5) is 0 Å². The molecule has 0 saturated carbocycles.